The number of rotatable bonds is 4. The van der Waals surface area contributed by atoms with Crippen LogP contribution in [0.5, 0.6) is 5.75 Å². The first-order chi connectivity index (χ1) is 11.1. The van der Waals surface area contributed by atoms with E-state index in [9.17, 15) is 13.6 Å². The van der Waals surface area contributed by atoms with Gasteiger partial charge in [-0.15, -0.1) is 0 Å². The zero-order valence-corrected chi connectivity index (χ0v) is 11.9. The number of carboxylic acids is 1. The van der Waals surface area contributed by atoms with Gasteiger partial charge in [0.25, 0.3) is 0 Å². The molecule has 0 bridgehead atoms. The lowest BCUT2D eigenvalue weighted by molar-refractivity contribution is -0.0494. The monoisotopic (exact) mass is 314 g/mol. The predicted octanol–water partition coefficient (Wildman–Crippen LogP) is 4.81. The van der Waals surface area contributed by atoms with Crippen LogP contribution in [0.4, 0.5) is 8.78 Å². The lowest BCUT2D eigenvalue weighted by atomic mass is 9.96. The van der Waals surface area contributed by atoms with Crippen molar-refractivity contribution in [3.8, 4) is 16.9 Å². The molecule has 0 aliphatic heterocycles. The van der Waals surface area contributed by atoms with Gasteiger partial charge < -0.3 is 9.84 Å². The van der Waals surface area contributed by atoms with Crippen LogP contribution in [0.3, 0.4) is 0 Å². The maximum Gasteiger partial charge on any atom is 0.387 e. The molecule has 5 heteroatoms. The van der Waals surface area contributed by atoms with Crippen molar-refractivity contribution in [2.24, 2.45) is 0 Å². The van der Waals surface area contributed by atoms with E-state index in [1.54, 1.807) is 36.4 Å². The van der Waals surface area contributed by atoms with Gasteiger partial charge >= 0.3 is 12.6 Å². The molecule has 0 aliphatic rings. The molecule has 3 rings (SSSR count). The number of halogens is 2. The average Bonchev–Trinajstić information content (AvgIpc) is 2.54. The first-order valence-electron chi connectivity index (χ1n) is 6.86. The van der Waals surface area contributed by atoms with E-state index >= 15 is 0 Å². The van der Waals surface area contributed by atoms with Crippen molar-refractivity contribution in [2.45, 2.75) is 6.61 Å². The highest BCUT2D eigenvalue weighted by Gasteiger charge is 2.14. The summed E-state index contributed by atoms with van der Waals surface area (Å²) in [6.45, 7) is -2.93. The van der Waals surface area contributed by atoms with Gasteiger partial charge in [0.05, 0.1) is 5.56 Å². The van der Waals surface area contributed by atoms with Crippen LogP contribution in [0, 0.1) is 0 Å². The average molecular weight is 314 g/mol. The number of ether oxygens (including phenoxy) is 1. The third-order valence-electron chi connectivity index (χ3n) is 3.52. The van der Waals surface area contributed by atoms with Gasteiger partial charge in [-0.1, -0.05) is 42.5 Å². The molecule has 116 valence electrons. The molecule has 0 amide bonds. The van der Waals surface area contributed by atoms with Crippen molar-refractivity contribution in [1.29, 1.82) is 0 Å². The van der Waals surface area contributed by atoms with Crippen molar-refractivity contribution in [3.63, 3.8) is 0 Å². The Balaban J connectivity index is 2.24. The maximum atomic E-state index is 12.6. The summed E-state index contributed by atoms with van der Waals surface area (Å²) in [5.74, 6) is -0.991. The Labute approximate surface area is 130 Å². The van der Waals surface area contributed by atoms with E-state index in [1.165, 1.54) is 18.2 Å². The van der Waals surface area contributed by atoms with Gasteiger partial charge in [0.1, 0.15) is 5.75 Å². The maximum absolute atomic E-state index is 12.6. The highest BCUT2D eigenvalue weighted by Crippen LogP contribution is 2.36. The summed E-state index contributed by atoms with van der Waals surface area (Å²) >= 11 is 0. The Morgan fingerprint density at radius 2 is 1.70 bits per heavy atom. The number of carboxylic acid groups (broad SMARTS) is 1. The fourth-order valence-electron chi connectivity index (χ4n) is 2.53. The van der Waals surface area contributed by atoms with Crippen LogP contribution >= 0.6 is 0 Å². The number of fused-ring (bicyclic) bond motifs is 1. The summed E-state index contributed by atoms with van der Waals surface area (Å²) < 4.78 is 29.8. The predicted molar refractivity (Wildman–Crippen MR) is 83.0 cm³/mol. The number of para-hydroxylation sites is 1. The quantitative estimate of drug-likeness (QED) is 0.752. The molecule has 0 saturated heterocycles. The highest BCUT2D eigenvalue weighted by atomic mass is 19.3. The molecular formula is C18H12F2O3. The lowest BCUT2D eigenvalue weighted by Crippen LogP contribution is -2.03. The Hall–Kier alpha value is -2.95. The standard InChI is InChI=1S/C18H12F2O3/c19-18(20)23-16-7-2-1-5-14(16)13-6-3-4-11-8-9-12(17(21)22)10-15(11)13/h1-10,18H,(H,21,22). The third kappa shape index (κ3) is 2.99. The van der Waals surface area contributed by atoms with Crippen LogP contribution in [-0.2, 0) is 0 Å². The second-order valence-electron chi connectivity index (χ2n) is 4.92. The first-order valence-corrected chi connectivity index (χ1v) is 6.86. The van der Waals surface area contributed by atoms with Crippen LogP contribution in [0.15, 0.2) is 60.7 Å². The topological polar surface area (TPSA) is 46.5 Å². The van der Waals surface area contributed by atoms with Gasteiger partial charge in [-0.2, -0.15) is 8.78 Å². The van der Waals surface area contributed by atoms with E-state index in [1.807, 2.05) is 6.07 Å². The molecule has 3 aromatic carbocycles. The summed E-state index contributed by atoms with van der Waals surface area (Å²) in [6, 6.07) is 16.6. The minimum atomic E-state index is -2.93. The Kier molecular flexibility index (Phi) is 3.93. The number of aromatic carboxylic acids is 1. The molecule has 0 atom stereocenters. The van der Waals surface area contributed by atoms with Crippen LogP contribution < -0.4 is 4.74 Å². The van der Waals surface area contributed by atoms with Crippen molar-refractivity contribution in [3.05, 3.63) is 66.2 Å². The smallest absolute Gasteiger partial charge is 0.387 e. The van der Waals surface area contributed by atoms with Crippen LogP contribution in [0.1, 0.15) is 10.4 Å². The highest BCUT2D eigenvalue weighted by molar-refractivity contribution is 6.02. The largest absolute Gasteiger partial charge is 0.478 e. The Morgan fingerprint density at radius 1 is 0.957 bits per heavy atom. The van der Waals surface area contributed by atoms with E-state index in [-0.39, 0.29) is 11.3 Å². The van der Waals surface area contributed by atoms with Crippen molar-refractivity contribution >= 4 is 16.7 Å². The number of hydrogen-bond donors (Lipinski definition) is 1. The molecule has 0 fully saturated rings. The minimum absolute atomic E-state index is 0.0516. The molecular weight excluding hydrogens is 302 g/mol. The molecule has 3 aromatic rings. The van der Waals surface area contributed by atoms with Gasteiger partial charge in [0.2, 0.25) is 0 Å². The summed E-state index contributed by atoms with van der Waals surface area (Å²) in [5, 5.41) is 10.6. The molecule has 0 aromatic heterocycles. The molecule has 1 N–H and O–H groups in total. The summed E-state index contributed by atoms with van der Waals surface area (Å²) in [5.41, 5.74) is 1.26. The van der Waals surface area contributed by atoms with E-state index in [0.29, 0.717) is 16.5 Å². The van der Waals surface area contributed by atoms with Crippen LogP contribution in [0.2, 0.25) is 0 Å². The van der Waals surface area contributed by atoms with Crippen LogP contribution in [0.25, 0.3) is 21.9 Å². The van der Waals surface area contributed by atoms with Crippen LogP contribution in [-0.4, -0.2) is 17.7 Å². The minimum Gasteiger partial charge on any atom is -0.478 e. The lowest BCUT2D eigenvalue weighted by Gasteiger charge is -2.13. The molecule has 0 saturated carbocycles. The molecule has 0 heterocycles. The van der Waals surface area contributed by atoms with Crippen molar-refractivity contribution in [2.75, 3.05) is 0 Å². The normalized spacial score (nSPS) is 10.9. The summed E-state index contributed by atoms with van der Waals surface area (Å²) in [7, 11) is 0. The fourth-order valence-corrected chi connectivity index (χ4v) is 2.53. The fraction of sp³-hybridized carbons (Fsp3) is 0.0556. The second kappa shape index (κ2) is 6.04. The molecule has 3 nitrogen and oxygen atoms in total. The number of benzene rings is 3. The van der Waals surface area contributed by atoms with Crippen molar-refractivity contribution in [1.82, 2.24) is 0 Å². The van der Waals surface area contributed by atoms with Gasteiger partial charge in [-0.25, -0.2) is 4.79 Å². The zero-order chi connectivity index (χ0) is 16.4. The van der Waals surface area contributed by atoms with Crippen molar-refractivity contribution < 1.29 is 23.4 Å². The molecule has 0 spiro atoms. The van der Waals surface area contributed by atoms with Gasteiger partial charge in [-0.3, -0.25) is 0 Å². The van der Waals surface area contributed by atoms with Gasteiger partial charge in [-0.05, 0) is 34.5 Å². The van der Waals surface area contributed by atoms with E-state index in [0.717, 1.165) is 5.39 Å². The molecule has 0 radical (unpaired) electrons. The van der Waals surface area contributed by atoms with E-state index < -0.39 is 12.6 Å². The van der Waals surface area contributed by atoms with Gasteiger partial charge in [0.15, 0.2) is 0 Å². The molecule has 0 unspecified atom stereocenters. The summed E-state index contributed by atoms with van der Waals surface area (Å²) in [6.07, 6.45) is 0. The summed E-state index contributed by atoms with van der Waals surface area (Å²) in [4.78, 5) is 11.2. The first kappa shape index (κ1) is 15.0. The molecule has 23 heavy (non-hydrogen) atoms. The van der Waals surface area contributed by atoms with E-state index in [4.69, 9.17) is 5.11 Å². The zero-order valence-electron chi connectivity index (χ0n) is 11.9. The van der Waals surface area contributed by atoms with E-state index in [2.05, 4.69) is 4.74 Å². The number of hydrogen-bond acceptors (Lipinski definition) is 2. The SMILES string of the molecule is O=C(O)c1ccc2cccc(-c3ccccc3OC(F)F)c2c1. The number of alkyl halides is 2. The molecule has 0 aliphatic carbocycles. The Morgan fingerprint density at radius 3 is 2.43 bits per heavy atom. The second-order valence-corrected chi connectivity index (χ2v) is 4.92. The third-order valence-corrected chi connectivity index (χ3v) is 3.52. The van der Waals surface area contributed by atoms with Gasteiger partial charge in [0, 0.05) is 5.56 Å². The Bertz CT molecular complexity index is 875. The number of carbonyl (C=O) groups is 1.